The molecule has 0 spiro atoms. The van der Waals surface area contributed by atoms with Gasteiger partial charge in [0.1, 0.15) is 5.60 Å². The van der Waals surface area contributed by atoms with Gasteiger partial charge in [0.15, 0.2) is 0 Å². The monoisotopic (exact) mass is 333 g/mol. The molecule has 3 nitrogen and oxygen atoms in total. The van der Waals surface area contributed by atoms with Crippen molar-refractivity contribution in [2.75, 3.05) is 18.4 Å². The number of hydrogen-bond acceptors (Lipinski definition) is 2. The second-order valence-corrected chi connectivity index (χ2v) is 7.97. The topological polar surface area (TPSA) is 29.5 Å². The fraction of sp³-hybridized carbons (Fsp3) is 0.933. The van der Waals surface area contributed by atoms with Crippen molar-refractivity contribution < 1.29 is 9.53 Å². The van der Waals surface area contributed by atoms with Crippen molar-refractivity contribution in [2.45, 2.75) is 59.5 Å². The maximum absolute atomic E-state index is 12.0. The van der Waals surface area contributed by atoms with E-state index in [9.17, 15) is 4.79 Å². The van der Waals surface area contributed by atoms with Crippen LogP contribution >= 0.6 is 15.9 Å². The van der Waals surface area contributed by atoms with E-state index >= 15 is 0 Å². The molecule has 0 aromatic carbocycles. The Bertz CT molecular complexity index is 302. The van der Waals surface area contributed by atoms with Crippen molar-refractivity contribution in [3.8, 4) is 0 Å². The van der Waals surface area contributed by atoms with E-state index < -0.39 is 5.60 Å². The molecule has 0 atom stereocenters. The van der Waals surface area contributed by atoms with Crippen molar-refractivity contribution >= 4 is 22.0 Å². The van der Waals surface area contributed by atoms with E-state index in [-0.39, 0.29) is 6.09 Å². The molecule has 0 aromatic rings. The van der Waals surface area contributed by atoms with Gasteiger partial charge in [-0.05, 0) is 51.4 Å². The first-order valence-corrected chi connectivity index (χ1v) is 8.29. The third kappa shape index (κ3) is 6.15. The Kier molecular flexibility index (Phi) is 5.72. The van der Waals surface area contributed by atoms with E-state index in [0.717, 1.165) is 37.2 Å². The van der Waals surface area contributed by atoms with Crippen molar-refractivity contribution in [1.29, 1.82) is 0 Å². The van der Waals surface area contributed by atoms with Crippen LogP contribution in [0.1, 0.15) is 53.9 Å². The third-order valence-electron chi connectivity index (χ3n) is 3.47. The number of hydrogen-bond donors (Lipinski definition) is 0. The molecule has 1 rings (SSSR count). The summed E-state index contributed by atoms with van der Waals surface area (Å²) in [4.78, 5) is 13.8. The number of amides is 1. The second kappa shape index (κ2) is 6.47. The maximum Gasteiger partial charge on any atom is 0.410 e. The van der Waals surface area contributed by atoms with Gasteiger partial charge >= 0.3 is 6.09 Å². The van der Waals surface area contributed by atoms with E-state index in [1.165, 1.54) is 6.42 Å². The molecule has 1 aliphatic rings. The van der Waals surface area contributed by atoms with Crippen LogP contribution in [0.3, 0.4) is 0 Å². The molecule has 0 N–H and O–H groups in total. The smallest absolute Gasteiger partial charge is 0.410 e. The van der Waals surface area contributed by atoms with Crippen LogP contribution in [-0.2, 0) is 4.74 Å². The standard InChI is InChI=1S/C15H28BrNO2/c1-14(2,3)19-13(18)17-8-6-12(7-9-17)10-15(4,5)11-16/h12H,6-11H2,1-5H3. The van der Waals surface area contributed by atoms with Crippen LogP contribution in [0.2, 0.25) is 0 Å². The minimum atomic E-state index is -0.397. The van der Waals surface area contributed by atoms with Crippen molar-refractivity contribution in [3.05, 3.63) is 0 Å². The van der Waals surface area contributed by atoms with Gasteiger partial charge in [0.05, 0.1) is 0 Å². The number of nitrogens with zero attached hydrogens (tertiary/aromatic N) is 1. The number of rotatable bonds is 3. The molecule has 1 saturated heterocycles. The Morgan fingerprint density at radius 1 is 1.21 bits per heavy atom. The summed E-state index contributed by atoms with van der Waals surface area (Å²) in [6.07, 6.45) is 3.25. The molecule has 0 unspecified atom stereocenters. The van der Waals surface area contributed by atoms with Crippen LogP contribution in [0.25, 0.3) is 0 Å². The van der Waals surface area contributed by atoms with Gasteiger partial charge in [-0.3, -0.25) is 0 Å². The molecule has 0 radical (unpaired) electrons. The molecule has 0 aliphatic carbocycles. The lowest BCUT2D eigenvalue weighted by Gasteiger charge is -2.36. The van der Waals surface area contributed by atoms with Gasteiger partial charge in [-0.25, -0.2) is 4.79 Å². The van der Waals surface area contributed by atoms with Gasteiger partial charge in [0.2, 0.25) is 0 Å². The molecular weight excluding hydrogens is 306 g/mol. The van der Waals surface area contributed by atoms with Crippen LogP contribution < -0.4 is 0 Å². The Hall–Kier alpha value is -0.250. The van der Waals surface area contributed by atoms with Crippen molar-refractivity contribution in [1.82, 2.24) is 4.90 Å². The van der Waals surface area contributed by atoms with E-state index in [1.54, 1.807) is 0 Å². The van der Waals surface area contributed by atoms with E-state index in [2.05, 4.69) is 29.8 Å². The number of carbonyl (C=O) groups is 1. The first kappa shape index (κ1) is 16.8. The average molecular weight is 334 g/mol. The molecule has 0 aromatic heterocycles. The molecule has 19 heavy (non-hydrogen) atoms. The number of carbonyl (C=O) groups excluding carboxylic acids is 1. The summed E-state index contributed by atoms with van der Waals surface area (Å²) < 4.78 is 5.41. The van der Waals surface area contributed by atoms with Crippen LogP contribution in [0.15, 0.2) is 0 Å². The van der Waals surface area contributed by atoms with Crippen molar-refractivity contribution in [3.63, 3.8) is 0 Å². The summed E-state index contributed by atoms with van der Waals surface area (Å²) in [6, 6.07) is 0. The number of likely N-dealkylation sites (tertiary alicyclic amines) is 1. The summed E-state index contributed by atoms with van der Waals surface area (Å²) in [7, 11) is 0. The van der Waals surface area contributed by atoms with Gasteiger partial charge in [0.25, 0.3) is 0 Å². The number of halogens is 1. The van der Waals surface area contributed by atoms with E-state index in [1.807, 2.05) is 25.7 Å². The highest BCUT2D eigenvalue weighted by atomic mass is 79.9. The Balaban J connectivity index is 2.39. The van der Waals surface area contributed by atoms with Gasteiger partial charge in [-0.2, -0.15) is 0 Å². The van der Waals surface area contributed by atoms with Crippen LogP contribution in [-0.4, -0.2) is 35.0 Å². The predicted octanol–water partition coefficient (Wildman–Crippen LogP) is 4.44. The number of piperidine rings is 1. The Morgan fingerprint density at radius 3 is 2.16 bits per heavy atom. The minimum absolute atomic E-state index is 0.161. The van der Waals surface area contributed by atoms with Crippen molar-refractivity contribution in [2.24, 2.45) is 11.3 Å². The first-order chi connectivity index (χ1) is 8.63. The summed E-state index contributed by atoms with van der Waals surface area (Å²) in [5.74, 6) is 0.728. The molecule has 1 heterocycles. The predicted molar refractivity (Wildman–Crippen MR) is 82.7 cm³/mol. The highest BCUT2D eigenvalue weighted by molar-refractivity contribution is 9.09. The molecule has 1 aliphatic heterocycles. The lowest BCUT2D eigenvalue weighted by Crippen LogP contribution is -2.42. The zero-order valence-corrected chi connectivity index (χ0v) is 14.5. The van der Waals surface area contributed by atoms with Gasteiger partial charge < -0.3 is 9.64 Å². The van der Waals surface area contributed by atoms with Crippen LogP contribution in [0.4, 0.5) is 4.79 Å². The quantitative estimate of drug-likeness (QED) is 0.714. The molecule has 112 valence electrons. The minimum Gasteiger partial charge on any atom is -0.444 e. The zero-order valence-electron chi connectivity index (χ0n) is 13.0. The Labute approximate surface area is 126 Å². The summed E-state index contributed by atoms with van der Waals surface area (Å²) >= 11 is 3.58. The lowest BCUT2D eigenvalue weighted by molar-refractivity contribution is 0.0170. The second-order valence-electron chi connectivity index (χ2n) is 7.41. The van der Waals surface area contributed by atoms with E-state index in [0.29, 0.717) is 5.41 Å². The maximum atomic E-state index is 12.0. The fourth-order valence-electron chi connectivity index (χ4n) is 2.48. The molecule has 1 fully saturated rings. The fourth-order valence-corrected chi connectivity index (χ4v) is 2.71. The third-order valence-corrected chi connectivity index (χ3v) is 4.99. The van der Waals surface area contributed by atoms with Crippen LogP contribution in [0, 0.1) is 11.3 Å². The summed E-state index contributed by atoms with van der Waals surface area (Å²) in [6.45, 7) is 12.0. The molecule has 4 heteroatoms. The number of ether oxygens (including phenoxy) is 1. The van der Waals surface area contributed by atoms with Crippen LogP contribution in [0.5, 0.6) is 0 Å². The highest BCUT2D eigenvalue weighted by Crippen LogP contribution is 2.33. The SMILES string of the molecule is CC(C)(CBr)CC1CCN(C(=O)OC(C)(C)C)CC1. The van der Waals surface area contributed by atoms with E-state index in [4.69, 9.17) is 4.74 Å². The lowest BCUT2D eigenvalue weighted by atomic mass is 9.80. The van der Waals surface area contributed by atoms with Gasteiger partial charge in [-0.1, -0.05) is 29.8 Å². The largest absolute Gasteiger partial charge is 0.444 e. The highest BCUT2D eigenvalue weighted by Gasteiger charge is 2.29. The molecular formula is C15H28BrNO2. The molecule has 1 amide bonds. The van der Waals surface area contributed by atoms with Gasteiger partial charge in [-0.15, -0.1) is 0 Å². The Morgan fingerprint density at radius 2 is 1.74 bits per heavy atom. The molecule has 0 saturated carbocycles. The summed E-state index contributed by atoms with van der Waals surface area (Å²) in [5, 5.41) is 1.03. The van der Waals surface area contributed by atoms with Gasteiger partial charge in [0, 0.05) is 18.4 Å². The first-order valence-electron chi connectivity index (χ1n) is 7.17. The molecule has 0 bridgehead atoms. The number of alkyl halides is 1. The average Bonchev–Trinajstić information content (AvgIpc) is 2.27. The normalized spacial score (nSPS) is 18.5. The zero-order chi connectivity index (χ0) is 14.7. The summed E-state index contributed by atoms with van der Waals surface area (Å²) in [5.41, 5.74) is -0.0510.